The number of nitrogens with zero attached hydrogens (tertiary/aromatic N) is 3. The predicted molar refractivity (Wildman–Crippen MR) is 71.0 cm³/mol. The van der Waals surface area contributed by atoms with Gasteiger partial charge in [0.05, 0.1) is 6.61 Å². The SMILES string of the molecule is CCOC(=O)CN(c1nc(C(C)C)ns1)C1CC1. The van der Waals surface area contributed by atoms with Crippen molar-refractivity contribution in [2.75, 3.05) is 18.1 Å². The minimum absolute atomic E-state index is 0.189. The maximum atomic E-state index is 11.6. The van der Waals surface area contributed by atoms with Crippen molar-refractivity contribution in [3.05, 3.63) is 5.82 Å². The Bertz CT molecular complexity index is 415. The van der Waals surface area contributed by atoms with Gasteiger partial charge in [0, 0.05) is 23.5 Å². The zero-order valence-electron chi connectivity index (χ0n) is 11.0. The van der Waals surface area contributed by atoms with E-state index in [4.69, 9.17) is 4.74 Å². The average Bonchev–Trinajstić information content (AvgIpc) is 3.03. The monoisotopic (exact) mass is 269 g/mol. The number of ether oxygens (including phenoxy) is 1. The molecule has 1 heterocycles. The topological polar surface area (TPSA) is 55.3 Å². The first-order valence-electron chi connectivity index (χ1n) is 6.37. The number of aromatic nitrogens is 2. The summed E-state index contributed by atoms with van der Waals surface area (Å²) in [5.41, 5.74) is 0. The van der Waals surface area contributed by atoms with E-state index in [0.29, 0.717) is 18.6 Å². The molecule has 100 valence electrons. The Morgan fingerprint density at radius 1 is 1.56 bits per heavy atom. The highest BCUT2D eigenvalue weighted by molar-refractivity contribution is 7.09. The van der Waals surface area contributed by atoms with Crippen LogP contribution >= 0.6 is 11.5 Å². The van der Waals surface area contributed by atoms with Gasteiger partial charge in [0.2, 0.25) is 5.13 Å². The second-order valence-electron chi connectivity index (χ2n) is 4.75. The lowest BCUT2D eigenvalue weighted by Gasteiger charge is -2.19. The van der Waals surface area contributed by atoms with Crippen molar-refractivity contribution in [2.45, 2.75) is 45.6 Å². The van der Waals surface area contributed by atoms with Crippen molar-refractivity contribution in [3.63, 3.8) is 0 Å². The summed E-state index contributed by atoms with van der Waals surface area (Å²) in [4.78, 5) is 18.1. The van der Waals surface area contributed by atoms with Crippen LogP contribution in [0.15, 0.2) is 0 Å². The summed E-state index contributed by atoms with van der Waals surface area (Å²) in [6.45, 7) is 6.66. The second-order valence-corrected chi connectivity index (χ2v) is 5.48. The molecule has 1 aliphatic rings. The fourth-order valence-corrected chi connectivity index (χ4v) is 2.54. The van der Waals surface area contributed by atoms with Gasteiger partial charge in [0.25, 0.3) is 0 Å². The van der Waals surface area contributed by atoms with Gasteiger partial charge in [-0.2, -0.15) is 4.37 Å². The summed E-state index contributed by atoms with van der Waals surface area (Å²) in [7, 11) is 0. The van der Waals surface area contributed by atoms with E-state index in [1.165, 1.54) is 11.5 Å². The zero-order valence-corrected chi connectivity index (χ0v) is 11.9. The third kappa shape index (κ3) is 3.19. The molecule has 1 aromatic heterocycles. The van der Waals surface area contributed by atoms with Crippen LogP contribution in [0.2, 0.25) is 0 Å². The molecule has 1 aliphatic carbocycles. The molecular formula is C12H19N3O2S. The number of carbonyl (C=O) groups is 1. The fourth-order valence-electron chi connectivity index (χ4n) is 1.66. The van der Waals surface area contributed by atoms with Crippen LogP contribution in [-0.4, -0.2) is 34.5 Å². The van der Waals surface area contributed by atoms with Gasteiger partial charge >= 0.3 is 5.97 Å². The van der Waals surface area contributed by atoms with Gasteiger partial charge in [0.1, 0.15) is 12.4 Å². The van der Waals surface area contributed by atoms with E-state index in [1.807, 2.05) is 11.8 Å². The largest absolute Gasteiger partial charge is 0.465 e. The molecule has 0 unspecified atom stereocenters. The number of rotatable bonds is 6. The highest BCUT2D eigenvalue weighted by Gasteiger charge is 2.33. The lowest BCUT2D eigenvalue weighted by Crippen LogP contribution is -2.32. The minimum atomic E-state index is -0.189. The van der Waals surface area contributed by atoms with E-state index in [9.17, 15) is 4.79 Å². The van der Waals surface area contributed by atoms with E-state index >= 15 is 0 Å². The van der Waals surface area contributed by atoms with E-state index in [0.717, 1.165) is 23.8 Å². The first-order chi connectivity index (χ1) is 8.61. The van der Waals surface area contributed by atoms with Crippen molar-refractivity contribution >= 4 is 22.6 Å². The van der Waals surface area contributed by atoms with Crippen molar-refractivity contribution in [2.24, 2.45) is 0 Å². The normalized spacial score (nSPS) is 14.9. The molecule has 0 amide bonds. The molecule has 0 aromatic carbocycles. The molecule has 2 rings (SSSR count). The molecule has 6 heteroatoms. The highest BCUT2D eigenvalue weighted by atomic mass is 32.1. The number of anilines is 1. The molecule has 5 nitrogen and oxygen atoms in total. The average molecular weight is 269 g/mol. The van der Waals surface area contributed by atoms with Gasteiger partial charge in [-0.1, -0.05) is 13.8 Å². The van der Waals surface area contributed by atoms with E-state index < -0.39 is 0 Å². The second kappa shape index (κ2) is 5.65. The molecule has 0 spiro atoms. The Morgan fingerprint density at radius 2 is 2.28 bits per heavy atom. The van der Waals surface area contributed by atoms with Crippen molar-refractivity contribution in [1.29, 1.82) is 0 Å². The summed E-state index contributed by atoms with van der Waals surface area (Å²) >= 11 is 1.37. The van der Waals surface area contributed by atoms with Gasteiger partial charge in [-0.25, -0.2) is 4.98 Å². The summed E-state index contributed by atoms with van der Waals surface area (Å²) < 4.78 is 9.34. The Labute approximate surface area is 111 Å². The van der Waals surface area contributed by atoms with Gasteiger partial charge in [-0.3, -0.25) is 4.79 Å². The first kappa shape index (κ1) is 13.3. The molecule has 1 fully saturated rings. The van der Waals surface area contributed by atoms with Crippen molar-refractivity contribution < 1.29 is 9.53 Å². The lowest BCUT2D eigenvalue weighted by atomic mass is 10.2. The zero-order chi connectivity index (χ0) is 13.1. The molecule has 1 aromatic rings. The van der Waals surface area contributed by atoms with Gasteiger partial charge in [0.15, 0.2) is 0 Å². The molecule has 0 atom stereocenters. The molecular weight excluding hydrogens is 250 g/mol. The minimum Gasteiger partial charge on any atom is -0.465 e. The Morgan fingerprint density at radius 3 is 2.78 bits per heavy atom. The van der Waals surface area contributed by atoms with Crippen LogP contribution in [0, 0.1) is 0 Å². The summed E-state index contributed by atoms with van der Waals surface area (Å²) in [5.74, 6) is 0.980. The quantitative estimate of drug-likeness (QED) is 0.741. The standard InChI is InChI=1S/C12H19N3O2S/c1-4-17-10(16)7-15(9-5-6-9)12-13-11(8(2)3)14-18-12/h8-9H,4-7H2,1-3H3. The maximum absolute atomic E-state index is 11.6. The molecule has 1 saturated carbocycles. The lowest BCUT2D eigenvalue weighted by molar-refractivity contribution is -0.141. The van der Waals surface area contributed by atoms with Crippen LogP contribution in [-0.2, 0) is 9.53 Å². The van der Waals surface area contributed by atoms with Gasteiger partial charge in [-0.15, -0.1) is 0 Å². The van der Waals surface area contributed by atoms with Crippen LogP contribution in [0.25, 0.3) is 0 Å². The van der Waals surface area contributed by atoms with E-state index in [-0.39, 0.29) is 12.5 Å². The van der Waals surface area contributed by atoms with Crippen LogP contribution in [0.3, 0.4) is 0 Å². The van der Waals surface area contributed by atoms with Crippen LogP contribution in [0.4, 0.5) is 5.13 Å². The highest BCUT2D eigenvalue weighted by Crippen LogP contribution is 2.33. The number of hydrogen-bond donors (Lipinski definition) is 0. The maximum Gasteiger partial charge on any atom is 0.325 e. The van der Waals surface area contributed by atoms with Crippen molar-refractivity contribution in [1.82, 2.24) is 9.36 Å². The van der Waals surface area contributed by atoms with Gasteiger partial charge < -0.3 is 9.64 Å². The van der Waals surface area contributed by atoms with E-state index in [2.05, 4.69) is 23.2 Å². The number of hydrogen-bond acceptors (Lipinski definition) is 6. The molecule has 18 heavy (non-hydrogen) atoms. The van der Waals surface area contributed by atoms with Crippen LogP contribution in [0.1, 0.15) is 45.4 Å². The molecule has 0 radical (unpaired) electrons. The Hall–Kier alpha value is -1.17. The predicted octanol–water partition coefficient (Wildman–Crippen LogP) is 2.19. The summed E-state index contributed by atoms with van der Waals surface area (Å²) in [5, 5.41) is 0.842. The molecule has 0 N–H and O–H groups in total. The molecule has 0 bridgehead atoms. The Balaban J connectivity index is 2.06. The Kier molecular flexibility index (Phi) is 4.16. The number of carbonyl (C=O) groups excluding carboxylic acids is 1. The van der Waals surface area contributed by atoms with Crippen LogP contribution < -0.4 is 4.90 Å². The smallest absolute Gasteiger partial charge is 0.325 e. The third-order valence-electron chi connectivity index (χ3n) is 2.79. The first-order valence-corrected chi connectivity index (χ1v) is 7.15. The van der Waals surface area contributed by atoms with Gasteiger partial charge in [-0.05, 0) is 19.8 Å². The number of esters is 1. The van der Waals surface area contributed by atoms with Crippen LogP contribution in [0.5, 0.6) is 0 Å². The fraction of sp³-hybridized carbons (Fsp3) is 0.750. The summed E-state index contributed by atoms with van der Waals surface area (Å²) in [6, 6.07) is 0.433. The molecule has 0 saturated heterocycles. The third-order valence-corrected chi connectivity index (χ3v) is 3.55. The molecule has 0 aliphatic heterocycles. The van der Waals surface area contributed by atoms with E-state index in [1.54, 1.807) is 0 Å². The van der Waals surface area contributed by atoms with Crippen molar-refractivity contribution in [3.8, 4) is 0 Å². The summed E-state index contributed by atoms with van der Waals surface area (Å²) in [6.07, 6.45) is 2.24.